The Hall–Kier alpha value is -0.920. The van der Waals surface area contributed by atoms with Gasteiger partial charge in [-0.2, -0.15) is 15.6 Å². The Morgan fingerprint density at radius 3 is 2.84 bits per heavy atom. The van der Waals surface area contributed by atoms with Crippen molar-refractivity contribution in [3.63, 3.8) is 0 Å². The molecule has 2 aliphatic heterocycles. The van der Waals surface area contributed by atoms with Crippen molar-refractivity contribution in [1.29, 1.82) is 0 Å². The lowest BCUT2D eigenvalue weighted by atomic mass is 10.1. The molecule has 7 heteroatoms. The van der Waals surface area contributed by atoms with Gasteiger partial charge >= 0.3 is 0 Å². The zero-order chi connectivity index (χ0) is 13.6. The molecule has 0 saturated carbocycles. The van der Waals surface area contributed by atoms with Gasteiger partial charge in [-0.1, -0.05) is 0 Å². The van der Waals surface area contributed by atoms with Crippen molar-refractivity contribution in [2.75, 3.05) is 17.2 Å². The van der Waals surface area contributed by atoms with Crippen LogP contribution in [0.5, 0.6) is 0 Å². The molecule has 3 rings (SSSR count). The quantitative estimate of drug-likeness (QED) is 0.845. The predicted molar refractivity (Wildman–Crippen MR) is 74.8 cm³/mol. The Balaban J connectivity index is 1.91. The van der Waals surface area contributed by atoms with Crippen LogP contribution in [0.2, 0.25) is 0 Å². The van der Waals surface area contributed by atoms with E-state index in [-0.39, 0.29) is 23.7 Å². The van der Waals surface area contributed by atoms with Gasteiger partial charge in [0.25, 0.3) is 0 Å². The van der Waals surface area contributed by atoms with Gasteiger partial charge in [-0.05, 0) is 24.8 Å². The maximum Gasteiger partial charge on any atom is 0.229 e. The summed E-state index contributed by atoms with van der Waals surface area (Å²) in [7, 11) is -3.21. The summed E-state index contributed by atoms with van der Waals surface area (Å²) in [5.74, 6) is 0.132. The molecule has 3 heterocycles. The Morgan fingerprint density at radius 1 is 1.42 bits per heavy atom. The largest absolute Gasteiger partial charge is 0.307 e. The highest BCUT2D eigenvalue weighted by molar-refractivity contribution is 7.89. The summed E-state index contributed by atoms with van der Waals surface area (Å²) in [6, 6.07) is 1.74. The molecule has 104 valence electrons. The molecular weight excluding hydrogens is 284 g/mol. The third-order valence-electron chi connectivity index (χ3n) is 3.95. The number of hydrogen-bond donors (Lipinski definition) is 0. The van der Waals surface area contributed by atoms with Crippen LogP contribution in [0, 0.1) is 0 Å². The topological polar surface area (TPSA) is 57.7 Å². The van der Waals surface area contributed by atoms with E-state index in [1.807, 2.05) is 16.8 Å². The first-order valence-electron chi connectivity index (χ1n) is 6.38. The molecule has 1 amide bonds. The first-order chi connectivity index (χ1) is 9.04. The van der Waals surface area contributed by atoms with Gasteiger partial charge in [-0.3, -0.25) is 4.79 Å². The molecular formula is C12H16N2O3S2. The van der Waals surface area contributed by atoms with Crippen LogP contribution in [-0.4, -0.2) is 43.0 Å². The van der Waals surface area contributed by atoms with E-state index < -0.39 is 10.0 Å². The second-order valence-corrected chi connectivity index (χ2v) is 7.87. The highest BCUT2D eigenvalue weighted by atomic mass is 32.2. The monoisotopic (exact) mass is 300 g/mol. The minimum Gasteiger partial charge on any atom is -0.307 e. The van der Waals surface area contributed by atoms with E-state index in [1.54, 1.807) is 23.2 Å². The summed E-state index contributed by atoms with van der Waals surface area (Å²) < 4.78 is 25.6. The van der Waals surface area contributed by atoms with Gasteiger partial charge in [-0.25, -0.2) is 8.42 Å². The average molecular weight is 300 g/mol. The molecule has 0 unspecified atom stereocenters. The highest BCUT2D eigenvalue weighted by Crippen LogP contribution is 2.37. The van der Waals surface area contributed by atoms with E-state index in [0.29, 0.717) is 13.0 Å². The fourth-order valence-electron chi connectivity index (χ4n) is 3.05. The zero-order valence-corrected chi connectivity index (χ0v) is 12.3. The number of thiophene rings is 1. The molecule has 0 radical (unpaired) electrons. The number of sulfonamides is 1. The molecule has 1 aromatic rings. The third kappa shape index (κ3) is 2.00. The van der Waals surface area contributed by atoms with Crippen LogP contribution in [0.15, 0.2) is 16.8 Å². The number of carbonyl (C=O) groups excluding carboxylic acids is 1. The summed E-state index contributed by atoms with van der Waals surface area (Å²) in [5.41, 5.74) is 0.901. The second kappa shape index (κ2) is 4.57. The number of anilines is 1. The van der Waals surface area contributed by atoms with Crippen LogP contribution in [0.1, 0.15) is 19.8 Å². The maximum absolute atomic E-state index is 12.2. The van der Waals surface area contributed by atoms with Crippen molar-refractivity contribution in [1.82, 2.24) is 4.31 Å². The van der Waals surface area contributed by atoms with E-state index in [2.05, 4.69) is 0 Å². The Morgan fingerprint density at radius 2 is 2.21 bits per heavy atom. The van der Waals surface area contributed by atoms with E-state index >= 15 is 0 Å². The summed E-state index contributed by atoms with van der Waals surface area (Å²) in [6.07, 6.45) is 1.03. The van der Waals surface area contributed by atoms with Crippen molar-refractivity contribution >= 4 is 33.0 Å². The number of amides is 1. The number of nitrogens with zero attached hydrogens (tertiary/aromatic N) is 2. The fourth-order valence-corrected chi connectivity index (χ4v) is 5.02. The molecule has 2 fully saturated rings. The fraction of sp³-hybridized carbons (Fsp3) is 0.583. The lowest BCUT2D eigenvalue weighted by Gasteiger charge is -2.24. The van der Waals surface area contributed by atoms with Gasteiger partial charge in [-0.15, -0.1) is 0 Å². The van der Waals surface area contributed by atoms with Crippen LogP contribution in [0.3, 0.4) is 0 Å². The zero-order valence-electron chi connectivity index (χ0n) is 10.7. The minimum absolute atomic E-state index is 0.00317. The Labute approximate surface area is 116 Å². The van der Waals surface area contributed by atoms with Gasteiger partial charge in [0.05, 0.1) is 23.5 Å². The van der Waals surface area contributed by atoms with Crippen molar-refractivity contribution in [2.24, 2.45) is 0 Å². The SMILES string of the molecule is CCS(=O)(=O)N1CC[C@H]2[C@H]1CC(=O)N2c1ccsc1. The normalized spacial score (nSPS) is 28.1. The average Bonchev–Trinajstić information content (AvgIpc) is 3.04. The molecule has 1 aromatic heterocycles. The lowest BCUT2D eigenvalue weighted by molar-refractivity contribution is -0.117. The van der Waals surface area contributed by atoms with E-state index in [1.165, 1.54) is 4.31 Å². The first kappa shape index (κ1) is 13.1. The summed E-state index contributed by atoms with van der Waals surface area (Å²) >= 11 is 1.55. The van der Waals surface area contributed by atoms with Crippen LogP contribution < -0.4 is 4.90 Å². The lowest BCUT2D eigenvalue weighted by Crippen LogP contribution is -2.40. The third-order valence-corrected chi connectivity index (χ3v) is 6.52. The first-order valence-corrected chi connectivity index (χ1v) is 8.93. The summed E-state index contributed by atoms with van der Waals surface area (Å²) in [6.45, 7) is 2.18. The standard InChI is InChI=1S/C12H16N2O3S2/c1-2-19(16,17)13-5-3-10-11(13)7-12(15)14(10)9-4-6-18-8-9/h4,6,8,10-11H,2-3,5,7H2,1H3/t10-,11+/m0/s1. The minimum atomic E-state index is -3.21. The van der Waals surface area contributed by atoms with Gasteiger partial charge in [0.1, 0.15) is 0 Å². The summed E-state index contributed by atoms with van der Waals surface area (Å²) in [4.78, 5) is 13.9. The molecule has 0 aromatic carbocycles. The number of hydrogen-bond acceptors (Lipinski definition) is 4. The van der Waals surface area contributed by atoms with Crippen LogP contribution in [-0.2, 0) is 14.8 Å². The Bertz CT molecular complexity index is 582. The van der Waals surface area contributed by atoms with Crippen molar-refractivity contribution in [2.45, 2.75) is 31.8 Å². The molecule has 2 atom stereocenters. The molecule has 2 saturated heterocycles. The molecule has 0 aliphatic carbocycles. The predicted octanol–water partition coefficient (Wildman–Crippen LogP) is 1.28. The van der Waals surface area contributed by atoms with Gasteiger partial charge in [0.15, 0.2) is 0 Å². The molecule has 0 spiro atoms. The number of rotatable bonds is 3. The highest BCUT2D eigenvalue weighted by Gasteiger charge is 2.50. The van der Waals surface area contributed by atoms with Gasteiger partial charge < -0.3 is 4.90 Å². The van der Waals surface area contributed by atoms with Crippen LogP contribution >= 0.6 is 11.3 Å². The second-order valence-electron chi connectivity index (χ2n) is 4.88. The maximum atomic E-state index is 12.2. The van der Waals surface area contributed by atoms with E-state index in [4.69, 9.17) is 0 Å². The van der Waals surface area contributed by atoms with Crippen LogP contribution in [0.4, 0.5) is 5.69 Å². The smallest absolute Gasteiger partial charge is 0.229 e. The molecule has 5 nitrogen and oxygen atoms in total. The molecule has 0 bridgehead atoms. The van der Waals surface area contributed by atoms with Crippen molar-refractivity contribution in [3.05, 3.63) is 16.8 Å². The van der Waals surface area contributed by atoms with Crippen molar-refractivity contribution < 1.29 is 13.2 Å². The summed E-state index contributed by atoms with van der Waals surface area (Å²) in [5, 5.41) is 3.88. The number of fused-ring (bicyclic) bond motifs is 1. The van der Waals surface area contributed by atoms with E-state index in [9.17, 15) is 13.2 Å². The molecule has 0 N–H and O–H groups in total. The number of carbonyl (C=O) groups is 1. The molecule has 2 aliphatic rings. The van der Waals surface area contributed by atoms with Crippen LogP contribution in [0.25, 0.3) is 0 Å². The van der Waals surface area contributed by atoms with E-state index in [0.717, 1.165) is 12.1 Å². The van der Waals surface area contributed by atoms with Gasteiger partial charge in [0, 0.05) is 18.3 Å². The van der Waals surface area contributed by atoms with Gasteiger partial charge in [0.2, 0.25) is 15.9 Å². The molecule has 19 heavy (non-hydrogen) atoms. The van der Waals surface area contributed by atoms with Crippen molar-refractivity contribution in [3.8, 4) is 0 Å². The Kier molecular flexibility index (Phi) is 3.15.